The molecular weight excluding hydrogens is 570 g/mol. The second-order valence-electron chi connectivity index (χ2n) is 9.21. The molecule has 0 aromatic heterocycles. The molecule has 11 nitrogen and oxygen atoms in total. The summed E-state index contributed by atoms with van der Waals surface area (Å²) in [6.07, 6.45) is 0. The third-order valence-corrected chi connectivity index (χ3v) is 10.1. The van der Waals surface area contributed by atoms with Crippen molar-refractivity contribution in [3.8, 4) is 11.5 Å². The van der Waals surface area contributed by atoms with Gasteiger partial charge in [0.25, 0.3) is 10.0 Å². The van der Waals surface area contributed by atoms with Crippen LogP contribution >= 0.6 is 0 Å². The summed E-state index contributed by atoms with van der Waals surface area (Å²) in [4.78, 5) is 13.0. The second kappa shape index (κ2) is 13.3. The molecule has 0 unspecified atom stereocenters. The summed E-state index contributed by atoms with van der Waals surface area (Å²) in [6.45, 7) is 2.99. The molecule has 1 N–H and O–H groups in total. The standard InChI is InChI=1S/C28H33N3O8S2/c1-22-3-5-23(6-4-22)31(41(35,36)27-11-7-24(37-2)8-12-27)21-28(32)29-15-18-39-25-9-13-26(14-10-25)40(33,34)30-16-19-38-20-17-30/h3-14H,15-21H2,1-2H3,(H,29,32). The smallest absolute Gasteiger partial charge is 0.264 e. The highest BCUT2D eigenvalue weighted by atomic mass is 32.2. The molecule has 1 heterocycles. The van der Waals surface area contributed by atoms with Gasteiger partial charge in [-0.3, -0.25) is 9.10 Å². The van der Waals surface area contributed by atoms with Crippen molar-refractivity contribution in [2.24, 2.45) is 0 Å². The number of nitrogens with one attached hydrogen (secondary N) is 1. The molecule has 0 spiro atoms. The second-order valence-corrected chi connectivity index (χ2v) is 13.0. The summed E-state index contributed by atoms with van der Waals surface area (Å²) in [7, 11) is -6.18. The molecule has 0 saturated carbocycles. The number of carbonyl (C=O) groups is 1. The van der Waals surface area contributed by atoms with Crippen LogP contribution in [0.1, 0.15) is 5.56 Å². The van der Waals surface area contributed by atoms with E-state index in [4.69, 9.17) is 14.2 Å². The normalized spacial score (nSPS) is 14.3. The molecule has 220 valence electrons. The molecule has 4 rings (SSSR count). The third kappa shape index (κ3) is 7.55. The Labute approximate surface area is 240 Å². The summed E-state index contributed by atoms with van der Waals surface area (Å²) in [6, 6.07) is 18.8. The van der Waals surface area contributed by atoms with E-state index >= 15 is 0 Å². The van der Waals surface area contributed by atoms with Gasteiger partial charge in [-0.15, -0.1) is 0 Å². The number of rotatable bonds is 12. The number of amides is 1. The lowest BCUT2D eigenvalue weighted by Gasteiger charge is -2.26. The number of carbonyl (C=O) groups excluding carboxylic acids is 1. The van der Waals surface area contributed by atoms with Crippen LogP contribution < -0.4 is 19.1 Å². The minimum atomic E-state index is -4.06. The van der Waals surface area contributed by atoms with Gasteiger partial charge in [0.05, 0.1) is 42.3 Å². The maximum atomic E-state index is 13.5. The van der Waals surface area contributed by atoms with E-state index in [1.165, 1.54) is 35.7 Å². The summed E-state index contributed by atoms with van der Waals surface area (Å²) in [5.74, 6) is 0.429. The molecule has 1 fully saturated rings. The van der Waals surface area contributed by atoms with Crippen LogP contribution in [0.4, 0.5) is 5.69 Å². The topological polar surface area (TPSA) is 132 Å². The van der Waals surface area contributed by atoms with E-state index in [1.54, 1.807) is 48.5 Å². The first kappa shape index (κ1) is 30.3. The van der Waals surface area contributed by atoms with E-state index in [-0.39, 0.29) is 22.9 Å². The van der Waals surface area contributed by atoms with Gasteiger partial charge >= 0.3 is 0 Å². The van der Waals surface area contributed by atoms with Crippen molar-refractivity contribution in [3.05, 3.63) is 78.4 Å². The molecule has 1 saturated heterocycles. The summed E-state index contributed by atoms with van der Waals surface area (Å²) in [5, 5.41) is 2.68. The Morgan fingerprint density at radius 2 is 1.46 bits per heavy atom. The van der Waals surface area contributed by atoms with E-state index in [0.717, 1.165) is 9.87 Å². The number of aryl methyl sites for hydroxylation is 1. The van der Waals surface area contributed by atoms with E-state index < -0.39 is 32.5 Å². The lowest BCUT2D eigenvalue weighted by atomic mass is 10.2. The monoisotopic (exact) mass is 603 g/mol. The summed E-state index contributed by atoms with van der Waals surface area (Å²) >= 11 is 0. The first-order chi connectivity index (χ1) is 19.6. The van der Waals surface area contributed by atoms with Crippen LogP contribution in [0.5, 0.6) is 11.5 Å². The molecule has 0 bridgehead atoms. The Morgan fingerprint density at radius 3 is 2.07 bits per heavy atom. The number of nitrogens with zero attached hydrogens (tertiary/aromatic N) is 2. The third-order valence-electron chi connectivity index (χ3n) is 6.38. The van der Waals surface area contributed by atoms with Gasteiger partial charge in [0.15, 0.2) is 0 Å². The predicted octanol–water partition coefficient (Wildman–Crippen LogP) is 2.42. The fourth-order valence-corrected chi connectivity index (χ4v) is 6.92. The molecule has 0 radical (unpaired) electrons. The van der Waals surface area contributed by atoms with Crippen LogP contribution in [-0.2, 0) is 29.6 Å². The molecule has 3 aromatic rings. The van der Waals surface area contributed by atoms with Crippen LogP contribution in [0.2, 0.25) is 0 Å². The lowest BCUT2D eigenvalue weighted by Crippen LogP contribution is -2.41. The maximum Gasteiger partial charge on any atom is 0.264 e. The number of ether oxygens (including phenoxy) is 3. The maximum absolute atomic E-state index is 13.5. The van der Waals surface area contributed by atoms with E-state index in [9.17, 15) is 21.6 Å². The minimum Gasteiger partial charge on any atom is -0.497 e. The highest BCUT2D eigenvalue weighted by Gasteiger charge is 2.28. The SMILES string of the molecule is COc1ccc(S(=O)(=O)N(CC(=O)NCCOc2ccc(S(=O)(=O)N3CCOCC3)cc2)c2ccc(C)cc2)cc1. The van der Waals surface area contributed by atoms with Crippen molar-refractivity contribution >= 4 is 31.6 Å². The van der Waals surface area contributed by atoms with Gasteiger partial charge in [0, 0.05) is 13.1 Å². The van der Waals surface area contributed by atoms with E-state index in [1.807, 2.05) is 6.92 Å². The van der Waals surface area contributed by atoms with Crippen LogP contribution in [0.25, 0.3) is 0 Å². The average molecular weight is 604 g/mol. The number of anilines is 1. The van der Waals surface area contributed by atoms with Crippen LogP contribution in [-0.4, -0.2) is 80.2 Å². The zero-order chi connectivity index (χ0) is 29.5. The molecule has 13 heteroatoms. The molecule has 41 heavy (non-hydrogen) atoms. The van der Waals surface area contributed by atoms with Gasteiger partial charge in [-0.05, 0) is 67.6 Å². The molecular formula is C28H33N3O8S2. The Hall–Kier alpha value is -3.65. The molecule has 0 aliphatic carbocycles. The van der Waals surface area contributed by atoms with E-state index in [2.05, 4.69) is 5.32 Å². The largest absolute Gasteiger partial charge is 0.497 e. The fraction of sp³-hybridized carbons (Fsp3) is 0.321. The van der Waals surface area contributed by atoms with Crippen molar-refractivity contribution in [3.63, 3.8) is 0 Å². The van der Waals surface area contributed by atoms with Crippen molar-refractivity contribution in [2.75, 3.05) is 57.4 Å². The molecule has 3 aromatic carbocycles. The average Bonchev–Trinajstić information content (AvgIpc) is 2.99. The summed E-state index contributed by atoms with van der Waals surface area (Å²) in [5.41, 5.74) is 1.30. The number of methoxy groups -OCH3 is 1. The minimum absolute atomic E-state index is 0.0223. The summed E-state index contributed by atoms with van der Waals surface area (Å²) < 4.78 is 70.9. The lowest BCUT2D eigenvalue weighted by molar-refractivity contribution is -0.119. The first-order valence-electron chi connectivity index (χ1n) is 12.9. The van der Waals surface area contributed by atoms with Crippen molar-refractivity contribution in [2.45, 2.75) is 16.7 Å². The Morgan fingerprint density at radius 1 is 0.878 bits per heavy atom. The molecule has 1 aliphatic heterocycles. The number of hydrogen-bond donors (Lipinski definition) is 1. The van der Waals surface area contributed by atoms with Crippen LogP contribution in [0.15, 0.2) is 82.6 Å². The Balaban J connectivity index is 1.35. The van der Waals surface area contributed by atoms with Gasteiger partial charge < -0.3 is 19.5 Å². The Kier molecular flexibility index (Phi) is 9.86. The van der Waals surface area contributed by atoms with Gasteiger partial charge in [0.2, 0.25) is 15.9 Å². The van der Waals surface area contributed by atoms with Crippen LogP contribution in [0, 0.1) is 6.92 Å². The number of hydrogen-bond acceptors (Lipinski definition) is 8. The molecule has 0 atom stereocenters. The Bertz CT molecular complexity index is 1520. The highest BCUT2D eigenvalue weighted by Crippen LogP contribution is 2.25. The quantitative estimate of drug-likeness (QED) is 0.313. The van der Waals surface area contributed by atoms with Gasteiger partial charge in [0.1, 0.15) is 24.7 Å². The molecule has 1 amide bonds. The fourth-order valence-electron chi connectivity index (χ4n) is 4.09. The van der Waals surface area contributed by atoms with Gasteiger partial charge in [-0.25, -0.2) is 16.8 Å². The van der Waals surface area contributed by atoms with Crippen LogP contribution in [0.3, 0.4) is 0 Å². The molecule has 1 aliphatic rings. The first-order valence-corrected chi connectivity index (χ1v) is 15.8. The van der Waals surface area contributed by atoms with Crippen molar-refractivity contribution < 1.29 is 35.8 Å². The van der Waals surface area contributed by atoms with Gasteiger partial charge in [-0.2, -0.15) is 4.31 Å². The number of morpholine rings is 1. The van der Waals surface area contributed by atoms with E-state index in [0.29, 0.717) is 43.5 Å². The van der Waals surface area contributed by atoms with Gasteiger partial charge in [-0.1, -0.05) is 17.7 Å². The number of sulfonamides is 2. The van der Waals surface area contributed by atoms with Crippen molar-refractivity contribution in [1.29, 1.82) is 0 Å². The zero-order valence-electron chi connectivity index (χ0n) is 22.9. The predicted molar refractivity (Wildman–Crippen MR) is 153 cm³/mol. The highest BCUT2D eigenvalue weighted by molar-refractivity contribution is 7.92. The van der Waals surface area contributed by atoms with Crippen molar-refractivity contribution in [1.82, 2.24) is 9.62 Å². The zero-order valence-corrected chi connectivity index (χ0v) is 24.5. The number of benzene rings is 3.